The first kappa shape index (κ1) is 16.0. The number of nitrogens with one attached hydrogen (secondary N) is 2. The number of amides is 1. The number of rotatable bonds is 5. The summed E-state index contributed by atoms with van der Waals surface area (Å²) >= 11 is 0. The van der Waals surface area contributed by atoms with E-state index in [2.05, 4.69) is 29.7 Å². The second-order valence-corrected chi connectivity index (χ2v) is 6.24. The van der Waals surface area contributed by atoms with Crippen LogP contribution in [0.3, 0.4) is 0 Å². The van der Waals surface area contributed by atoms with Crippen LogP contribution in [-0.2, 0) is 4.79 Å². The van der Waals surface area contributed by atoms with Crippen LogP contribution in [0.2, 0.25) is 0 Å². The fourth-order valence-electron chi connectivity index (χ4n) is 3.06. The van der Waals surface area contributed by atoms with Gasteiger partial charge in [0.2, 0.25) is 5.91 Å². The molecule has 1 aliphatic rings. The largest absolute Gasteiger partial charge is 0.326 e. The van der Waals surface area contributed by atoms with Gasteiger partial charge in [0.05, 0.1) is 0 Å². The molecule has 0 aromatic heterocycles. The normalized spacial score (nSPS) is 18.0. The Hall–Kier alpha value is -1.35. The second kappa shape index (κ2) is 8.18. The standard InChI is InChI=1S/C18H28N2O/c1-14(19-2)16-9-11-17(12-10-16)20-18(21)13-15-7-5-3-4-6-8-15/h9-12,14-15,19H,3-8,13H2,1-2H3,(H,20,21). The summed E-state index contributed by atoms with van der Waals surface area (Å²) < 4.78 is 0. The molecule has 2 rings (SSSR count). The van der Waals surface area contributed by atoms with Crippen LogP contribution in [0.15, 0.2) is 24.3 Å². The number of hydrogen-bond donors (Lipinski definition) is 2. The average molecular weight is 288 g/mol. The van der Waals surface area contributed by atoms with E-state index in [4.69, 9.17) is 0 Å². The highest BCUT2D eigenvalue weighted by Crippen LogP contribution is 2.26. The van der Waals surface area contributed by atoms with Gasteiger partial charge in [0.15, 0.2) is 0 Å². The van der Waals surface area contributed by atoms with Crippen molar-refractivity contribution in [1.82, 2.24) is 5.32 Å². The van der Waals surface area contributed by atoms with Gasteiger partial charge < -0.3 is 10.6 Å². The van der Waals surface area contributed by atoms with E-state index in [9.17, 15) is 4.79 Å². The molecule has 0 spiro atoms. The molecule has 0 radical (unpaired) electrons. The van der Waals surface area contributed by atoms with E-state index in [0.29, 0.717) is 18.4 Å². The number of hydrogen-bond acceptors (Lipinski definition) is 2. The first-order chi connectivity index (χ1) is 10.2. The second-order valence-electron chi connectivity index (χ2n) is 6.24. The van der Waals surface area contributed by atoms with E-state index in [1.165, 1.54) is 44.1 Å². The van der Waals surface area contributed by atoms with Crippen LogP contribution in [0.1, 0.15) is 63.5 Å². The first-order valence-electron chi connectivity index (χ1n) is 8.26. The topological polar surface area (TPSA) is 41.1 Å². The minimum absolute atomic E-state index is 0.163. The van der Waals surface area contributed by atoms with E-state index in [1.807, 2.05) is 19.2 Å². The molecule has 116 valence electrons. The van der Waals surface area contributed by atoms with Gasteiger partial charge in [-0.25, -0.2) is 0 Å². The molecular formula is C18H28N2O. The van der Waals surface area contributed by atoms with Crippen molar-refractivity contribution in [2.75, 3.05) is 12.4 Å². The van der Waals surface area contributed by atoms with Gasteiger partial charge in [-0.3, -0.25) is 4.79 Å². The summed E-state index contributed by atoms with van der Waals surface area (Å²) in [5, 5.41) is 6.25. The Morgan fingerprint density at radius 1 is 1.14 bits per heavy atom. The summed E-state index contributed by atoms with van der Waals surface area (Å²) in [4.78, 5) is 12.1. The number of carbonyl (C=O) groups is 1. The van der Waals surface area contributed by atoms with E-state index in [1.54, 1.807) is 0 Å². The molecule has 1 amide bonds. The predicted octanol–water partition coefficient (Wildman–Crippen LogP) is 4.27. The van der Waals surface area contributed by atoms with Gasteiger partial charge in [-0.2, -0.15) is 0 Å². The molecule has 21 heavy (non-hydrogen) atoms. The molecule has 0 saturated heterocycles. The lowest BCUT2D eigenvalue weighted by atomic mass is 9.96. The summed E-state index contributed by atoms with van der Waals surface area (Å²) in [6.45, 7) is 2.12. The summed E-state index contributed by atoms with van der Waals surface area (Å²) in [5.74, 6) is 0.743. The molecule has 1 saturated carbocycles. The van der Waals surface area contributed by atoms with Gasteiger partial charge in [-0.15, -0.1) is 0 Å². The molecule has 1 aromatic rings. The van der Waals surface area contributed by atoms with Crippen LogP contribution >= 0.6 is 0 Å². The highest BCUT2D eigenvalue weighted by Gasteiger charge is 2.16. The lowest BCUT2D eigenvalue weighted by Crippen LogP contribution is -2.16. The van der Waals surface area contributed by atoms with Crippen LogP contribution in [0.25, 0.3) is 0 Å². The molecule has 0 aliphatic heterocycles. The fraction of sp³-hybridized carbons (Fsp3) is 0.611. The van der Waals surface area contributed by atoms with Crippen molar-refractivity contribution in [2.24, 2.45) is 5.92 Å². The van der Waals surface area contributed by atoms with E-state index < -0.39 is 0 Å². The Bertz CT molecular complexity index is 433. The van der Waals surface area contributed by atoms with Crippen LogP contribution in [0.5, 0.6) is 0 Å². The zero-order valence-electron chi connectivity index (χ0n) is 13.3. The fourth-order valence-corrected chi connectivity index (χ4v) is 3.06. The Morgan fingerprint density at radius 2 is 1.76 bits per heavy atom. The molecule has 3 nitrogen and oxygen atoms in total. The van der Waals surface area contributed by atoms with Crippen LogP contribution < -0.4 is 10.6 Å². The maximum Gasteiger partial charge on any atom is 0.224 e. The third kappa shape index (κ3) is 5.16. The Labute approximate surface area is 128 Å². The Morgan fingerprint density at radius 3 is 2.33 bits per heavy atom. The van der Waals surface area contributed by atoms with Crippen molar-refractivity contribution in [3.05, 3.63) is 29.8 Å². The summed E-state index contributed by atoms with van der Waals surface area (Å²) in [5.41, 5.74) is 2.14. The lowest BCUT2D eigenvalue weighted by molar-refractivity contribution is -0.117. The van der Waals surface area contributed by atoms with Crippen molar-refractivity contribution in [2.45, 2.75) is 57.9 Å². The van der Waals surface area contributed by atoms with Crippen LogP contribution in [0.4, 0.5) is 5.69 Å². The van der Waals surface area contributed by atoms with Crippen molar-refractivity contribution < 1.29 is 4.79 Å². The third-order valence-corrected chi connectivity index (χ3v) is 4.58. The van der Waals surface area contributed by atoms with Gasteiger partial charge in [0.25, 0.3) is 0 Å². The molecule has 1 fully saturated rings. The minimum Gasteiger partial charge on any atom is -0.326 e. The van der Waals surface area contributed by atoms with Crippen LogP contribution in [0, 0.1) is 5.92 Å². The summed E-state index contributed by atoms with van der Waals surface area (Å²) in [6, 6.07) is 8.47. The lowest BCUT2D eigenvalue weighted by Gasteiger charge is -2.14. The van der Waals surface area contributed by atoms with Gasteiger partial charge >= 0.3 is 0 Å². The van der Waals surface area contributed by atoms with Crippen molar-refractivity contribution in [1.29, 1.82) is 0 Å². The van der Waals surface area contributed by atoms with E-state index >= 15 is 0 Å². The first-order valence-corrected chi connectivity index (χ1v) is 8.26. The number of benzene rings is 1. The maximum atomic E-state index is 12.1. The smallest absolute Gasteiger partial charge is 0.224 e. The van der Waals surface area contributed by atoms with Crippen molar-refractivity contribution in [3.8, 4) is 0 Å². The van der Waals surface area contributed by atoms with E-state index in [-0.39, 0.29) is 5.91 Å². The monoisotopic (exact) mass is 288 g/mol. The zero-order chi connectivity index (χ0) is 15.1. The molecule has 0 heterocycles. The zero-order valence-corrected chi connectivity index (χ0v) is 13.3. The summed E-state index contributed by atoms with van der Waals surface area (Å²) in [7, 11) is 1.95. The molecular weight excluding hydrogens is 260 g/mol. The molecule has 3 heteroatoms. The van der Waals surface area contributed by atoms with Crippen molar-refractivity contribution in [3.63, 3.8) is 0 Å². The van der Waals surface area contributed by atoms with Gasteiger partial charge in [0, 0.05) is 18.2 Å². The highest BCUT2D eigenvalue weighted by molar-refractivity contribution is 5.90. The SMILES string of the molecule is CNC(C)c1ccc(NC(=O)CC2CCCCCC2)cc1. The quantitative estimate of drug-likeness (QED) is 0.795. The van der Waals surface area contributed by atoms with Gasteiger partial charge in [-0.1, -0.05) is 37.8 Å². The van der Waals surface area contributed by atoms with Crippen LogP contribution in [-0.4, -0.2) is 13.0 Å². The molecule has 2 N–H and O–H groups in total. The highest BCUT2D eigenvalue weighted by atomic mass is 16.1. The third-order valence-electron chi connectivity index (χ3n) is 4.58. The molecule has 1 aliphatic carbocycles. The number of carbonyl (C=O) groups excluding carboxylic acids is 1. The number of anilines is 1. The Balaban J connectivity index is 1.84. The molecule has 1 aromatic carbocycles. The predicted molar refractivity (Wildman–Crippen MR) is 88.4 cm³/mol. The van der Waals surface area contributed by atoms with Gasteiger partial charge in [0.1, 0.15) is 0 Å². The van der Waals surface area contributed by atoms with Gasteiger partial charge in [-0.05, 0) is 50.4 Å². The average Bonchev–Trinajstić information content (AvgIpc) is 2.75. The molecule has 0 bridgehead atoms. The summed E-state index contributed by atoms with van der Waals surface area (Å²) in [6.07, 6.45) is 8.35. The van der Waals surface area contributed by atoms with E-state index in [0.717, 1.165) is 5.69 Å². The maximum absolute atomic E-state index is 12.1. The Kier molecular flexibility index (Phi) is 6.24. The molecule has 1 atom stereocenters. The van der Waals surface area contributed by atoms with Crippen molar-refractivity contribution >= 4 is 11.6 Å². The molecule has 1 unspecified atom stereocenters. The minimum atomic E-state index is 0.163.